The van der Waals surface area contributed by atoms with Gasteiger partial charge in [0, 0.05) is 36.5 Å². The number of likely N-dealkylation sites (tertiary alicyclic amines) is 2. The third-order valence-electron chi connectivity index (χ3n) is 10.4. The number of piperidine rings is 2. The fraction of sp³-hybridized carbons (Fsp3) is 0.690. The van der Waals surface area contributed by atoms with Crippen LogP contribution in [0.4, 0.5) is 0 Å². The van der Waals surface area contributed by atoms with E-state index in [1.54, 1.807) is 7.11 Å². The summed E-state index contributed by atoms with van der Waals surface area (Å²) in [6.07, 6.45) is 8.57. The summed E-state index contributed by atoms with van der Waals surface area (Å²) in [5.41, 5.74) is 5.55. The molecule has 2 aromatic rings. The first-order valence-electron chi connectivity index (χ1n) is 13.8. The van der Waals surface area contributed by atoms with Gasteiger partial charge in [-0.2, -0.15) is 5.10 Å². The summed E-state index contributed by atoms with van der Waals surface area (Å²) in [7, 11) is 3.98. The number of methoxy groups -OCH3 is 1. The Kier molecular flexibility index (Phi) is 4.98. The molecule has 1 aromatic heterocycles. The molecule has 3 atom stereocenters. The van der Waals surface area contributed by atoms with Crippen molar-refractivity contribution in [3.63, 3.8) is 0 Å². The molecule has 1 aromatic carbocycles. The number of hydrogen-bond donors (Lipinski definition) is 1. The van der Waals surface area contributed by atoms with Crippen LogP contribution < -0.4 is 4.74 Å². The Hall–Kier alpha value is -1.89. The lowest BCUT2D eigenvalue weighted by molar-refractivity contribution is -0.152. The molecular formula is C29H40N4O2. The van der Waals surface area contributed by atoms with Crippen LogP contribution in [0, 0.1) is 12.8 Å². The molecule has 0 amide bonds. The zero-order valence-corrected chi connectivity index (χ0v) is 21.6. The minimum Gasteiger partial charge on any atom is -0.497 e. The Morgan fingerprint density at radius 3 is 2.66 bits per heavy atom. The fourth-order valence-electron chi connectivity index (χ4n) is 8.13. The van der Waals surface area contributed by atoms with Gasteiger partial charge in [-0.1, -0.05) is 6.07 Å². The second kappa shape index (κ2) is 7.80. The fourth-order valence-corrected chi connectivity index (χ4v) is 8.13. The van der Waals surface area contributed by atoms with E-state index in [2.05, 4.69) is 46.7 Å². The van der Waals surface area contributed by atoms with E-state index in [0.717, 1.165) is 82.1 Å². The van der Waals surface area contributed by atoms with E-state index in [1.807, 2.05) is 0 Å². The van der Waals surface area contributed by atoms with Gasteiger partial charge in [0.05, 0.1) is 24.4 Å². The monoisotopic (exact) mass is 476 g/mol. The van der Waals surface area contributed by atoms with Crippen LogP contribution in [0.3, 0.4) is 0 Å². The zero-order chi connectivity index (χ0) is 23.9. The highest BCUT2D eigenvalue weighted by molar-refractivity contribution is 5.52. The number of rotatable bonds is 4. The molecule has 2 bridgehead atoms. The van der Waals surface area contributed by atoms with Gasteiger partial charge in [-0.25, -0.2) is 0 Å². The van der Waals surface area contributed by atoms with Gasteiger partial charge in [-0.05, 0) is 107 Å². The number of ether oxygens (including phenoxy) is 1. The van der Waals surface area contributed by atoms with Crippen LogP contribution in [0.5, 0.6) is 5.75 Å². The quantitative estimate of drug-likeness (QED) is 0.734. The molecule has 35 heavy (non-hydrogen) atoms. The van der Waals surface area contributed by atoms with Gasteiger partial charge < -0.3 is 14.7 Å². The second-order valence-corrected chi connectivity index (χ2v) is 12.3. The highest BCUT2D eigenvalue weighted by Gasteiger charge is 2.65. The van der Waals surface area contributed by atoms with Crippen LogP contribution in [0.25, 0.3) is 0 Å². The SMILES string of the molecule is COc1ccc2c(c1)[C@@]13CCN(CC4CC4)C(C2)[C@@]1(O)Cc1c(C)nn(C2CCN(C)CC2)c1C3. The third-order valence-corrected chi connectivity index (χ3v) is 10.4. The normalized spacial score (nSPS) is 33.2. The maximum atomic E-state index is 12.9. The van der Waals surface area contributed by atoms with Crippen molar-refractivity contribution in [3.8, 4) is 5.75 Å². The number of aryl methyl sites for hydroxylation is 1. The first kappa shape index (κ1) is 22.3. The number of aliphatic hydroxyl groups is 1. The summed E-state index contributed by atoms with van der Waals surface area (Å²) in [6.45, 7) is 6.66. The Morgan fingerprint density at radius 1 is 1.11 bits per heavy atom. The van der Waals surface area contributed by atoms with E-state index >= 15 is 0 Å². The lowest BCUT2D eigenvalue weighted by Gasteiger charge is -2.63. The Bertz CT molecular complexity index is 1150. The van der Waals surface area contributed by atoms with E-state index < -0.39 is 5.60 Å². The van der Waals surface area contributed by atoms with Gasteiger partial charge in [0.25, 0.3) is 0 Å². The average molecular weight is 477 g/mol. The van der Waals surface area contributed by atoms with Crippen molar-refractivity contribution in [1.82, 2.24) is 19.6 Å². The van der Waals surface area contributed by atoms with E-state index in [-0.39, 0.29) is 11.5 Å². The van der Waals surface area contributed by atoms with Crippen molar-refractivity contribution in [1.29, 1.82) is 0 Å². The van der Waals surface area contributed by atoms with Crippen LogP contribution in [-0.4, -0.2) is 76.7 Å². The predicted molar refractivity (Wildman–Crippen MR) is 136 cm³/mol. The van der Waals surface area contributed by atoms with Crippen molar-refractivity contribution in [3.05, 3.63) is 46.3 Å². The zero-order valence-electron chi connectivity index (χ0n) is 21.6. The predicted octanol–water partition coefficient (Wildman–Crippen LogP) is 3.27. The molecule has 6 heteroatoms. The van der Waals surface area contributed by atoms with Crippen LogP contribution in [0.15, 0.2) is 18.2 Å². The van der Waals surface area contributed by atoms with E-state index in [1.165, 1.54) is 35.2 Å². The molecule has 188 valence electrons. The maximum absolute atomic E-state index is 12.9. The van der Waals surface area contributed by atoms with Gasteiger partial charge in [-0.3, -0.25) is 9.58 Å². The summed E-state index contributed by atoms with van der Waals surface area (Å²) in [5.74, 6) is 1.74. The van der Waals surface area contributed by atoms with Crippen LogP contribution in [-0.2, 0) is 24.7 Å². The molecule has 1 N–H and O–H groups in total. The Labute approximate surface area is 209 Å². The molecule has 0 spiro atoms. The standard InChI is InChI=1S/C29H40N4O2/c1-19-24-16-29(34)27-14-21-6-7-23(35-3)15-25(21)28(29,10-13-32(27)18-20-4-5-20)17-26(24)33(30-19)22-8-11-31(2)12-9-22/h6-7,15,20,22,27,34H,4-5,8-14,16-18H2,1-3H3/t27?,28-,29-/m0/s1. The largest absolute Gasteiger partial charge is 0.497 e. The summed E-state index contributed by atoms with van der Waals surface area (Å²) < 4.78 is 8.09. The van der Waals surface area contributed by atoms with E-state index in [4.69, 9.17) is 9.84 Å². The highest BCUT2D eigenvalue weighted by atomic mass is 16.5. The molecule has 5 aliphatic rings. The van der Waals surface area contributed by atoms with Crippen molar-refractivity contribution in [2.75, 3.05) is 40.3 Å². The average Bonchev–Trinajstić information content (AvgIpc) is 3.62. The second-order valence-electron chi connectivity index (χ2n) is 12.3. The Morgan fingerprint density at radius 2 is 1.91 bits per heavy atom. The van der Waals surface area contributed by atoms with Gasteiger partial charge >= 0.3 is 0 Å². The minimum atomic E-state index is -0.766. The molecular weight excluding hydrogens is 436 g/mol. The molecule has 3 heterocycles. The summed E-state index contributed by atoms with van der Waals surface area (Å²) in [6, 6.07) is 7.29. The topological polar surface area (TPSA) is 53.8 Å². The summed E-state index contributed by atoms with van der Waals surface area (Å²) in [5, 5.41) is 18.0. The van der Waals surface area contributed by atoms with Gasteiger partial charge in [0.15, 0.2) is 0 Å². The molecule has 6 nitrogen and oxygen atoms in total. The molecule has 1 unspecified atom stereocenters. The molecule has 2 saturated heterocycles. The lowest BCUT2D eigenvalue weighted by Crippen LogP contribution is -2.74. The molecule has 0 radical (unpaired) electrons. The van der Waals surface area contributed by atoms with Gasteiger partial charge in [0.2, 0.25) is 0 Å². The first-order valence-corrected chi connectivity index (χ1v) is 13.8. The van der Waals surface area contributed by atoms with Crippen molar-refractivity contribution in [2.45, 2.75) is 81.4 Å². The lowest BCUT2D eigenvalue weighted by atomic mass is 9.49. The molecule has 3 aliphatic carbocycles. The molecule has 3 fully saturated rings. The van der Waals surface area contributed by atoms with Gasteiger partial charge in [-0.15, -0.1) is 0 Å². The smallest absolute Gasteiger partial charge is 0.119 e. The first-order chi connectivity index (χ1) is 16.9. The van der Waals surface area contributed by atoms with E-state index in [9.17, 15) is 5.11 Å². The highest BCUT2D eigenvalue weighted by Crippen LogP contribution is 2.58. The molecule has 2 aliphatic heterocycles. The summed E-state index contributed by atoms with van der Waals surface area (Å²) in [4.78, 5) is 5.09. The minimum absolute atomic E-state index is 0.178. The molecule has 1 saturated carbocycles. The Balaban J connectivity index is 1.36. The maximum Gasteiger partial charge on any atom is 0.119 e. The van der Waals surface area contributed by atoms with Crippen LogP contribution >= 0.6 is 0 Å². The molecule has 7 rings (SSSR count). The van der Waals surface area contributed by atoms with Crippen molar-refractivity contribution in [2.24, 2.45) is 5.92 Å². The van der Waals surface area contributed by atoms with Crippen molar-refractivity contribution < 1.29 is 9.84 Å². The number of hydrogen-bond acceptors (Lipinski definition) is 5. The van der Waals surface area contributed by atoms with Crippen molar-refractivity contribution >= 4 is 0 Å². The number of fused-ring (bicyclic) bond motifs is 2. The van der Waals surface area contributed by atoms with Crippen LogP contribution in [0.2, 0.25) is 0 Å². The van der Waals surface area contributed by atoms with E-state index in [0.29, 0.717) is 6.04 Å². The number of benzene rings is 1. The van der Waals surface area contributed by atoms with Gasteiger partial charge in [0.1, 0.15) is 5.75 Å². The third kappa shape index (κ3) is 3.22. The number of aromatic nitrogens is 2. The summed E-state index contributed by atoms with van der Waals surface area (Å²) >= 11 is 0. The number of nitrogens with zero attached hydrogens (tertiary/aromatic N) is 4. The van der Waals surface area contributed by atoms with Crippen LogP contribution in [0.1, 0.15) is 66.2 Å².